The number of carboxylic acid groups (broad SMARTS) is 1. The van der Waals surface area contributed by atoms with Crippen LogP contribution in [0.15, 0.2) is 0 Å². The molecule has 4 fully saturated rings. The molecule has 4 rings (SSSR count). The lowest BCUT2D eigenvalue weighted by Crippen LogP contribution is -2.62. The summed E-state index contributed by atoms with van der Waals surface area (Å²) in [4.78, 5) is 11.1. The van der Waals surface area contributed by atoms with Crippen LogP contribution in [-0.4, -0.2) is 44.7 Å². The van der Waals surface area contributed by atoms with Crippen LogP contribution < -0.4 is 0 Å². The Kier molecular flexibility index (Phi) is 5.57. The zero-order chi connectivity index (χ0) is 21.1. The van der Waals surface area contributed by atoms with Crippen molar-refractivity contribution in [1.29, 1.82) is 0 Å². The van der Waals surface area contributed by atoms with Crippen LogP contribution in [0, 0.1) is 46.3 Å². The van der Waals surface area contributed by atoms with Crippen molar-refractivity contribution in [3.05, 3.63) is 0 Å². The van der Waals surface area contributed by atoms with E-state index in [2.05, 4.69) is 20.8 Å². The lowest BCUT2D eigenvalue weighted by molar-refractivity contribution is -0.207. The molecule has 0 aromatic carbocycles. The van der Waals surface area contributed by atoms with Crippen molar-refractivity contribution in [3.8, 4) is 0 Å². The van der Waals surface area contributed by atoms with Crippen LogP contribution in [0.25, 0.3) is 0 Å². The molecule has 0 aromatic rings. The van der Waals surface area contributed by atoms with Crippen molar-refractivity contribution in [3.63, 3.8) is 0 Å². The van der Waals surface area contributed by atoms with Gasteiger partial charge in [0, 0.05) is 6.42 Å². The Bertz CT molecular complexity index is 637. The van der Waals surface area contributed by atoms with Crippen molar-refractivity contribution in [2.24, 2.45) is 46.3 Å². The summed E-state index contributed by atoms with van der Waals surface area (Å²) in [5.74, 6) is 0.997. The number of aliphatic hydroxyl groups excluding tert-OH is 3. The van der Waals surface area contributed by atoms with Crippen LogP contribution in [0.5, 0.6) is 0 Å². The average molecular weight is 409 g/mol. The Hall–Kier alpha value is -0.650. The average Bonchev–Trinajstić information content (AvgIpc) is 3.01. The van der Waals surface area contributed by atoms with Crippen LogP contribution in [0.4, 0.5) is 0 Å². The fourth-order valence-corrected chi connectivity index (χ4v) is 8.68. The molecule has 0 heterocycles. The van der Waals surface area contributed by atoms with Gasteiger partial charge < -0.3 is 20.4 Å². The third-order valence-corrected chi connectivity index (χ3v) is 10.3. The number of rotatable bonds is 4. The maximum absolute atomic E-state index is 11.5. The molecule has 4 saturated carbocycles. The molecule has 166 valence electrons. The minimum atomic E-state index is -0.748. The van der Waals surface area contributed by atoms with Gasteiger partial charge in [0.1, 0.15) is 0 Å². The Morgan fingerprint density at radius 2 is 1.76 bits per heavy atom. The summed E-state index contributed by atoms with van der Waals surface area (Å²) >= 11 is 0. The first-order chi connectivity index (χ1) is 13.6. The zero-order valence-electron chi connectivity index (χ0n) is 18.3. The molecular formula is C24H40O5. The molecule has 11 atom stereocenters. The van der Waals surface area contributed by atoms with E-state index >= 15 is 0 Å². The quantitative estimate of drug-likeness (QED) is 0.571. The van der Waals surface area contributed by atoms with Crippen LogP contribution >= 0.6 is 0 Å². The summed E-state index contributed by atoms with van der Waals surface area (Å²) < 4.78 is 0. The van der Waals surface area contributed by atoms with E-state index in [1.165, 1.54) is 0 Å². The van der Waals surface area contributed by atoms with Gasteiger partial charge in [-0.1, -0.05) is 20.8 Å². The molecule has 0 spiro atoms. The first-order valence-corrected chi connectivity index (χ1v) is 11.8. The van der Waals surface area contributed by atoms with E-state index in [4.69, 9.17) is 5.11 Å². The Balaban J connectivity index is 1.61. The van der Waals surface area contributed by atoms with Crippen molar-refractivity contribution in [1.82, 2.24) is 0 Å². The molecule has 2 unspecified atom stereocenters. The van der Waals surface area contributed by atoms with Gasteiger partial charge in [0.05, 0.1) is 18.3 Å². The van der Waals surface area contributed by atoms with Crippen molar-refractivity contribution in [2.75, 3.05) is 0 Å². The number of carbonyl (C=O) groups is 1. The van der Waals surface area contributed by atoms with Gasteiger partial charge >= 0.3 is 5.97 Å². The Morgan fingerprint density at radius 3 is 2.45 bits per heavy atom. The minimum Gasteiger partial charge on any atom is -0.481 e. The zero-order valence-corrected chi connectivity index (χ0v) is 18.3. The summed E-state index contributed by atoms with van der Waals surface area (Å²) in [6.45, 7) is 6.72. The number of aliphatic carboxylic acids is 1. The van der Waals surface area contributed by atoms with Gasteiger partial charge in [-0.15, -0.1) is 0 Å². The van der Waals surface area contributed by atoms with Crippen molar-refractivity contribution >= 4 is 5.97 Å². The van der Waals surface area contributed by atoms with E-state index < -0.39 is 12.1 Å². The van der Waals surface area contributed by atoms with Gasteiger partial charge in [-0.3, -0.25) is 4.79 Å². The number of aliphatic hydroxyl groups is 3. The molecule has 0 aromatic heterocycles. The lowest BCUT2D eigenvalue weighted by atomic mass is 9.43. The first-order valence-electron chi connectivity index (χ1n) is 11.8. The fraction of sp³-hybridized carbons (Fsp3) is 0.958. The van der Waals surface area contributed by atoms with Crippen molar-refractivity contribution in [2.45, 2.75) is 96.9 Å². The first kappa shape index (κ1) is 21.6. The van der Waals surface area contributed by atoms with E-state index in [-0.39, 0.29) is 41.3 Å². The number of fused-ring (bicyclic) bond motifs is 5. The Labute approximate surface area is 174 Å². The summed E-state index contributed by atoms with van der Waals surface area (Å²) in [6.07, 6.45) is 6.00. The standard InChI is InChI=1S/C24H40O5/c1-13(4-7-21(28)29)16-5-6-17-22-18(12-20(27)24(16,17)3)23(2)9-8-15(25)10-14(23)11-19(22)26/h13-20,22,25-27H,4-12H2,1-3H3,(H,28,29)/t13-,14+,15-,16?,17+,18+,19-,20+,22+,23?,24-/m1/s1. The molecule has 29 heavy (non-hydrogen) atoms. The number of hydrogen-bond acceptors (Lipinski definition) is 4. The smallest absolute Gasteiger partial charge is 0.303 e. The predicted molar refractivity (Wildman–Crippen MR) is 110 cm³/mol. The molecule has 5 heteroatoms. The topological polar surface area (TPSA) is 98.0 Å². The van der Waals surface area contributed by atoms with Gasteiger partial charge in [-0.05, 0) is 97.7 Å². The van der Waals surface area contributed by atoms with E-state index in [9.17, 15) is 20.1 Å². The van der Waals surface area contributed by atoms with Crippen LogP contribution in [0.1, 0.15) is 78.6 Å². The SMILES string of the molecule is C[C@H](CCC(=O)O)C1CC[C@H]2[C@@H]3[C@H](O)C[C@@H]4C[C@H](O)CCC4(C)[C@H]3C[C@H](O)[C@]12C. The van der Waals surface area contributed by atoms with Gasteiger partial charge in [0.15, 0.2) is 0 Å². The molecule has 0 radical (unpaired) electrons. The summed E-state index contributed by atoms with van der Waals surface area (Å²) in [5, 5.41) is 42.0. The molecule has 0 bridgehead atoms. The van der Waals surface area contributed by atoms with E-state index in [0.717, 1.165) is 44.9 Å². The predicted octanol–water partition coefficient (Wildman–Crippen LogP) is 3.45. The van der Waals surface area contributed by atoms with E-state index in [1.54, 1.807) is 0 Å². The maximum Gasteiger partial charge on any atom is 0.303 e. The van der Waals surface area contributed by atoms with E-state index in [0.29, 0.717) is 30.1 Å². The molecule has 0 saturated heterocycles. The summed E-state index contributed by atoms with van der Waals surface area (Å²) in [7, 11) is 0. The van der Waals surface area contributed by atoms with Crippen LogP contribution in [0.3, 0.4) is 0 Å². The monoisotopic (exact) mass is 408 g/mol. The molecule has 0 amide bonds. The van der Waals surface area contributed by atoms with E-state index in [1.807, 2.05) is 0 Å². The van der Waals surface area contributed by atoms with Crippen LogP contribution in [-0.2, 0) is 4.79 Å². The fourth-order valence-electron chi connectivity index (χ4n) is 8.68. The van der Waals surface area contributed by atoms with Gasteiger partial charge in [0.25, 0.3) is 0 Å². The van der Waals surface area contributed by atoms with Gasteiger partial charge in [0.2, 0.25) is 0 Å². The molecule has 4 aliphatic carbocycles. The second kappa shape index (κ2) is 7.49. The number of hydrogen-bond donors (Lipinski definition) is 4. The molecule has 5 nitrogen and oxygen atoms in total. The minimum absolute atomic E-state index is 0.0957. The number of carboxylic acids is 1. The maximum atomic E-state index is 11.5. The lowest BCUT2D eigenvalue weighted by Gasteiger charge is -2.63. The summed E-state index contributed by atoms with van der Waals surface area (Å²) in [5.41, 5.74) is -0.143. The van der Waals surface area contributed by atoms with Gasteiger partial charge in [-0.25, -0.2) is 0 Å². The normalized spacial score (nSPS) is 52.9. The molecule has 0 aliphatic heterocycles. The second-order valence-corrected chi connectivity index (χ2v) is 11.4. The van der Waals surface area contributed by atoms with Gasteiger partial charge in [-0.2, -0.15) is 0 Å². The van der Waals surface area contributed by atoms with Crippen molar-refractivity contribution < 1.29 is 25.2 Å². The molecule has 4 N–H and O–H groups in total. The summed E-state index contributed by atoms with van der Waals surface area (Å²) in [6, 6.07) is 0. The highest BCUT2D eigenvalue weighted by Gasteiger charge is 2.65. The highest BCUT2D eigenvalue weighted by atomic mass is 16.4. The molecular weight excluding hydrogens is 368 g/mol. The highest BCUT2D eigenvalue weighted by Crippen LogP contribution is 2.68. The third kappa shape index (κ3) is 3.27. The Morgan fingerprint density at radius 1 is 1.03 bits per heavy atom. The second-order valence-electron chi connectivity index (χ2n) is 11.4. The largest absolute Gasteiger partial charge is 0.481 e. The van der Waals surface area contributed by atoms with Crippen LogP contribution in [0.2, 0.25) is 0 Å². The highest BCUT2D eigenvalue weighted by molar-refractivity contribution is 5.66. The molecule has 4 aliphatic rings. The third-order valence-electron chi connectivity index (χ3n) is 10.3.